The van der Waals surface area contributed by atoms with Gasteiger partial charge in [0, 0.05) is 5.56 Å². The van der Waals surface area contributed by atoms with Crippen LogP contribution in [0.4, 0.5) is 13.2 Å². The minimum absolute atomic E-state index is 0.0403. The molecule has 32 heavy (non-hydrogen) atoms. The van der Waals surface area contributed by atoms with Crippen molar-refractivity contribution in [3.05, 3.63) is 76.9 Å². The Bertz CT molecular complexity index is 940. The predicted molar refractivity (Wildman–Crippen MR) is 126 cm³/mol. The maximum atomic E-state index is 13.8. The van der Waals surface area contributed by atoms with Crippen LogP contribution in [0, 0.1) is 0 Å². The van der Waals surface area contributed by atoms with Crippen LogP contribution in [-0.4, -0.2) is 18.4 Å². The summed E-state index contributed by atoms with van der Waals surface area (Å²) in [6.07, 6.45) is 1.60. The van der Waals surface area contributed by atoms with Crippen molar-refractivity contribution in [2.75, 3.05) is 6.54 Å². The van der Waals surface area contributed by atoms with E-state index in [1.54, 1.807) is 12.1 Å². The lowest BCUT2D eigenvalue weighted by atomic mass is 9.96. The number of aryl methyl sites for hydroxylation is 3. The van der Waals surface area contributed by atoms with Crippen LogP contribution < -0.4 is 11.1 Å². The average molecular weight is 444 g/mol. The van der Waals surface area contributed by atoms with Gasteiger partial charge in [-0.2, -0.15) is 13.2 Å². The van der Waals surface area contributed by atoms with Crippen molar-refractivity contribution < 1.29 is 13.2 Å². The molecule has 6 heteroatoms. The number of rotatable bonds is 9. The molecule has 2 aromatic carbocycles. The highest BCUT2D eigenvalue weighted by atomic mass is 19.4. The van der Waals surface area contributed by atoms with E-state index in [1.165, 1.54) is 5.56 Å². The van der Waals surface area contributed by atoms with Crippen LogP contribution in [0.5, 0.6) is 0 Å². The van der Waals surface area contributed by atoms with Crippen molar-refractivity contribution in [2.45, 2.75) is 64.1 Å². The second kappa shape index (κ2) is 10.8. The zero-order valence-corrected chi connectivity index (χ0v) is 18.6. The summed E-state index contributed by atoms with van der Waals surface area (Å²) in [7, 11) is 0. The average Bonchev–Trinajstić information content (AvgIpc) is 3.31. The highest BCUT2D eigenvalue weighted by Gasteiger charge is 2.33. The first-order valence-corrected chi connectivity index (χ1v) is 11.3. The third-order valence-corrected chi connectivity index (χ3v) is 5.95. The van der Waals surface area contributed by atoms with E-state index in [2.05, 4.69) is 35.9 Å². The lowest BCUT2D eigenvalue weighted by Gasteiger charge is -2.16. The van der Waals surface area contributed by atoms with E-state index in [-0.39, 0.29) is 17.3 Å². The van der Waals surface area contributed by atoms with Gasteiger partial charge in [0.05, 0.1) is 17.3 Å². The fourth-order valence-electron chi connectivity index (χ4n) is 4.01. The van der Waals surface area contributed by atoms with Gasteiger partial charge >= 0.3 is 6.18 Å². The van der Waals surface area contributed by atoms with Gasteiger partial charge in [-0.3, -0.25) is 0 Å². The molecular weight excluding hydrogens is 411 g/mol. The molecule has 0 saturated carbocycles. The number of halogens is 3. The van der Waals surface area contributed by atoms with E-state index in [0.29, 0.717) is 24.2 Å². The second-order valence-electron chi connectivity index (χ2n) is 8.42. The van der Waals surface area contributed by atoms with Crippen LogP contribution in [0.1, 0.15) is 60.4 Å². The van der Waals surface area contributed by atoms with Crippen molar-refractivity contribution in [2.24, 2.45) is 10.7 Å². The molecule has 1 atom stereocenters. The van der Waals surface area contributed by atoms with E-state index in [4.69, 9.17) is 5.73 Å². The normalized spacial score (nSPS) is 17.0. The van der Waals surface area contributed by atoms with Gasteiger partial charge in [0.1, 0.15) is 5.84 Å². The van der Waals surface area contributed by atoms with E-state index < -0.39 is 11.7 Å². The Kier molecular flexibility index (Phi) is 8.13. The molecule has 0 bridgehead atoms. The predicted octanol–water partition coefficient (Wildman–Crippen LogP) is 5.91. The van der Waals surface area contributed by atoms with E-state index in [9.17, 15) is 13.2 Å². The third-order valence-electron chi connectivity index (χ3n) is 5.95. The van der Waals surface area contributed by atoms with Gasteiger partial charge in [-0.25, -0.2) is 4.99 Å². The maximum Gasteiger partial charge on any atom is 0.416 e. The Morgan fingerprint density at radius 2 is 1.78 bits per heavy atom. The molecule has 1 aliphatic rings. The first kappa shape index (κ1) is 24.1. The molecule has 0 spiro atoms. The summed E-state index contributed by atoms with van der Waals surface area (Å²) < 4.78 is 41.4. The van der Waals surface area contributed by atoms with Gasteiger partial charge in [0.25, 0.3) is 0 Å². The van der Waals surface area contributed by atoms with Crippen molar-refractivity contribution in [1.29, 1.82) is 0 Å². The highest BCUT2D eigenvalue weighted by Crippen LogP contribution is 2.34. The van der Waals surface area contributed by atoms with Crippen molar-refractivity contribution >= 4 is 11.5 Å². The Morgan fingerprint density at radius 3 is 2.38 bits per heavy atom. The van der Waals surface area contributed by atoms with E-state index in [1.807, 2.05) is 12.1 Å². The topological polar surface area (TPSA) is 50.4 Å². The van der Waals surface area contributed by atoms with Crippen molar-refractivity contribution in [3.8, 4) is 0 Å². The molecule has 0 radical (unpaired) electrons. The summed E-state index contributed by atoms with van der Waals surface area (Å²) in [6.45, 7) is 6.87. The molecule has 172 valence electrons. The summed E-state index contributed by atoms with van der Waals surface area (Å²) >= 11 is 0. The number of hydrogen-bond acceptors (Lipinski definition) is 2. The quantitative estimate of drug-likeness (QED) is 0.374. The molecule has 1 unspecified atom stereocenters. The number of amidine groups is 1. The smallest absolute Gasteiger partial charge is 0.386 e. The molecule has 2 aromatic rings. The standard InChI is InChI=1S/C26H32F3N3/c1-3-4-6-19-8-10-20(11-9-19)12-13-21-14-15-22(17-23(21)26(27,28)29)18(2)32-25(30)24-7-5-16-31-24/h8-11,14-15,17,24,31H,2-7,12-13,16H2,1H3,(H2,30,32). The minimum Gasteiger partial charge on any atom is -0.386 e. The van der Waals surface area contributed by atoms with Crippen LogP contribution in [0.3, 0.4) is 0 Å². The number of alkyl halides is 3. The molecule has 1 saturated heterocycles. The number of hydrogen-bond donors (Lipinski definition) is 2. The highest BCUT2D eigenvalue weighted by molar-refractivity contribution is 5.90. The fraction of sp³-hybridized carbons (Fsp3) is 0.423. The number of nitrogens with one attached hydrogen (secondary N) is 1. The Balaban J connectivity index is 1.73. The van der Waals surface area contributed by atoms with Crippen LogP contribution in [0.25, 0.3) is 5.70 Å². The van der Waals surface area contributed by atoms with Gasteiger partial charge < -0.3 is 11.1 Å². The summed E-state index contributed by atoms with van der Waals surface area (Å²) in [5.41, 5.74) is 8.55. The van der Waals surface area contributed by atoms with Crippen LogP contribution in [-0.2, 0) is 25.4 Å². The SMILES string of the molecule is C=C(/N=C(\N)C1CCCN1)c1ccc(CCc2ccc(CCCC)cc2)c(C(F)(F)F)c1. The number of nitrogens with zero attached hydrogens (tertiary/aromatic N) is 1. The van der Waals surface area contributed by atoms with Crippen LogP contribution in [0.2, 0.25) is 0 Å². The summed E-state index contributed by atoms with van der Waals surface area (Å²) in [5.74, 6) is 0.368. The maximum absolute atomic E-state index is 13.8. The number of benzene rings is 2. The van der Waals surface area contributed by atoms with Crippen molar-refractivity contribution in [1.82, 2.24) is 5.32 Å². The molecule has 1 aliphatic heterocycles. The third kappa shape index (κ3) is 6.45. The molecular formula is C26H32F3N3. The van der Waals surface area contributed by atoms with Crippen LogP contribution in [0.15, 0.2) is 54.0 Å². The zero-order chi connectivity index (χ0) is 23.1. The molecule has 3 N–H and O–H groups in total. The van der Waals surface area contributed by atoms with Crippen LogP contribution >= 0.6 is 0 Å². The number of nitrogens with two attached hydrogens (primary N) is 1. The van der Waals surface area contributed by atoms with Gasteiger partial charge in [-0.15, -0.1) is 0 Å². The summed E-state index contributed by atoms with van der Waals surface area (Å²) in [4.78, 5) is 4.28. The Morgan fingerprint density at radius 1 is 1.09 bits per heavy atom. The lowest BCUT2D eigenvalue weighted by molar-refractivity contribution is -0.138. The molecule has 0 amide bonds. The molecule has 1 fully saturated rings. The largest absolute Gasteiger partial charge is 0.416 e. The molecule has 3 nitrogen and oxygen atoms in total. The Labute approximate surface area is 188 Å². The molecule has 0 aromatic heterocycles. The Hall–Kier alpha value is -2.60. The first-order valence-electron chi connectivity index (χ1n) is 11.3. The van der Waals surface area contributed by atoms with E-state index in [0.717, 1.165) is 50.3 Å². The first-order chi connectivity index (χ1) is 15.3. The molecule has 3 rings (SSSR count). The number of unbranched alkanes of at least 4 members (excludes halogenated alkanes) is 1. The summed E-state index contributed by atoms with van der Waals surface area (Å²) in [6, 6.07) is 12.5. The van der Waals surface area contributed by atoms with Gasteiger partial charge in [-0.1, -0.05) is 56.3 Å². The van der Waals surface area contributed by atoms with Gasteiger partial charge in [-0.05, 0) is 67.8 Å². The summed E-state index contributed by atoms with van der Waals surface area (Å²) in [5, 5.41) is 3.23. The van der Waals surface area contributed by atoms with Gasteiger partial charge in [0.15, 0.2) is 0 Å². The van der Waals surface area contributed by atoms with Gasteiger partial charge in [0.2, 0.25) is 0 Å². The monoisotopic (exact) mass is 443 g/mol. The molecule has 0 aliphatic carbocycles. The lowest BCUT2D eigenvalue weighted by Crippen LogP contribution is -2.36. The minimum atomic E-state index is -4.45. The zero-order valence-electron chi connectivity index (χ0n) is 18.6. The second-order valence-corrected chi connectivity index (χ2v) is 8.42. The van der Waals surface area contributed by atoms with E-state index >= 15 is 0 Å². The van der Waals surface area contributed by atoms with Crippen molar-refractivity contribution in [3.63, 3.8) is 0 Å². The fourth-order valence-corrected chi connectivity index (χ4v) is 4.01. The number of aliphatic imine (C=N–C) groups is 1. The molecule has 1 heterocycles.